The normalized spacial score (nSPS) is 19.9. The second-order valence-electron chi connectivity index (χ2n) is 5.18. The van der Waals surface area contributed by atoms with Crippen LogP contribution in [0.2, 0.25) is 0 Å². The van der Waals surface area contributed by atoms with Crippen LogP contribution >= 0.6 is 0 Å². The molecule has 2 amide bonds. The Morgan fingerprint density at radius 3 is 3.15 bits per heavy atom. The van der Waals surface area contributed by atoms with Crippen molar-refractivity contribution in [3.05, 3.63) is 30.5 Å². The highest BCUT2D eigenvalue weighted by molar-refractivity contribution is 6.00. The van der Waals surface area contributed by atoms with E-state index in [4.69, 9.17) is 4.74 Å². The highest BCUT2D eigenvalue weighted by Gasteiger charge is 2.23. The smallest absolute Gasteiger partial charge is 0.319 e. The lowest BCUT2D eigenvalue weighted by Gasteiger charge is -2.20. The summed E-state index contributed by atoms with van der Waals surface area (Å²) in [5.74, 6) is 0. The number of fused-ring (bicyclic) bond motifs is 1. The first-order valence-electron chi connectivity index (χ1n) is 6.99. The third-order valence-corrected chi connectivity index (χ3v) is 3.72. The van der Waals surface area contributed by atoms with Crippen molar-refractivity contribution in [2.45, 2.75) is 31.9 Å². The molecule has 0 bridgehead atoms. The molecule has 0 aliphatic carbocycles. The van der Waals surface area contributed by atoms with Crippen molar-refractivity contribution in [3.63, 3.8) is 0 Å². The molecular formula is C15H19N3O2. The molecule has 0 unspecified atom stereocenters. The average molecular weight is 273 g/mol. The quantitative estimate of drug-likeness (QED) is 0.805. The molecule has 1 aromatic carbocycles. The number of aromatic amines is 1. The summed E-state index contributed by atoms with van der Waals surface area (Å²) < 4.78 is 5.58. The van der Waals surface area contributed by atoms with Gasteiger partial charge in [0.15, 0.2) is 0 Å². The Balaban J connectivity index is 1.65. The lowest BCUT2D eigenvalue weighted by Crippen LogP contribution is -2.43. The van der Waals surface area contributed by atoms with Crippen LogP contribution in [-0.4, -0.2) is 29.8 Å². The maximum Gasteiger partial charge on any atom is 0.319 e. The lowest BCUT2D eigenvalue weighted by molar-refractivity contribution is 0.0868. The van der Waals surface area contributed by atoms with Gasteiger partial charge in [-0.3, -0.25) is 0 Å². The van der Waals surface area contributed by atoms with Crippen molar-refractivity contribution in [3.8, 4) is 0 Å². The molecule has 106 valence electrons. The van der Waals surface area contributed by atoms with Crippen LogP contribution in [0.1, 0.15) is 19.8 Å². The first-order valence-corrected chi connectivity index (χ1v) is 6.99. The number of ether oxygens (including phenoxy) is 1. The van der Waals surface area contributed by atoms with Gasteiger partial charge in [-0.15, -0.1) is 0 Å². The molecule has 20 heavy (non-hydrogen) atoms. The number of rotatable bonds is 3. The van der Waals surface area contributed by atoms with Crippen molar-refractivity contribution >= 4 is 22.6 Å². The highest BCUT2D eigenvalue weighted by Crippen LogP contribution is 2.22. The van der Waals surface area contributed by atoms with E-state index < -0.39 is 0 Å². The number of amides is 2. The SMILES string of the molecule is C[C@H](NC(=O)Nc1cccc2[nH]ccc12)[C@H]1CCCO1. The number of aromatic nitrogens is 1. The molecule has 1 aromatic heterocycles. The van der Waals surface area contributed by atoms with Gasteiger partial charge in [0.2, 0.25) is 0 Å². The van der Waals surface area contributed by atoms with Crippen LogP contribution in [0.15, 0.2) is 30.5 Å². The van der Waals surface area contributed by atoms with E-state index in [1.807, 2.05) is 37.4 Å². The van der Waals surface area contributed by atoms with E-state index in [9.17, 15) is 4.79 Å². The van der Waals surface area contributed by atoms with Gasteiger partial charge in [-0.1, -0.05) is 6.07 Å². The maximum absolute atomic E-state index is 12.1. The number of nitrogens with one attached hydrogen (secondary N) is 3. The zero-order valence-corrected chi connectivity index (χ0v) is 11.5. The summed E-state index contributed by atoms with van der Waals surface area (Å²) in [5.41, 5.74) is 1.82. The van der Waals surface area contributed by atoms with Crippen LogP contribution < -0.4 is 10.6 Å². The average Bonchev–Trinajstić information content (AvgIpc) is 3.10. The number of benzene rings is 1. The summed E-state index contributed by atoms with van der Waals surface area (Å²) >= 11 is 0. The van der Waals surface area contributed by atoms with Crippen molar-refractivity contribution in [1.29, 1.82) is 0 Å². The van der Waals surface area contributed by atoms with Crippen LogP contribution in [0, 0.1) is 0 Å². The molecule has 5 heteroatoms. The summed E-state index contributed by atoms with van der Waals surface area (Å²) in [4.78, 5) is 15.2. The Morgan fingerprint density at radius 2 is 2.35 bits per heavy atom. The molecule has 1 saturated heterocycles. The fourth-order valence-electron chi connectivity index (χ4n) is 2.65. The predicted molar refractivity (Wildman–Crippen MR) is 78.9 cm³/mol. The van der Waals surface area contributed by atoms with Gasteiger partial charge in [0, 0.05) is 23.7 Å². The molecule has 2 atom stereocenters. The first kappa shape index (κ1) is 13.0. The largest absolute Gasteiger partial charge is 0.376 e. The molecule has 5 nitrogen and oxygen atoms in total. The number of H-pyrrole nitrogens is 1. The van der Waals surface area contributed by atoms with Crippen LogP contribution in [0.4, 0.5) is 10.5 Å². The van der Waals surface area contributed by atoms with Crippen molar-refractivity contribution in [1.82, 2.24) is 10.3 Å². The Labute approximate surface area is 117 Å². The zero-order valence-electron chi connectivity index (χ0n) is 11.5. The van der Waals surface area contributed by atoms with E-state index in [1.54, 1.807) is 0 Å². The van der Waals surface area contributed by atoms with Crippen LogP contribution in [0.3, 0.4) is 0 Å². The van der Waals surface area contributed by atoms with E-state index in [1.165, 1.54) is 0 Å². The number of hydrogen-bond acceptors (Lipinski definition) is 2. The van der Waals surface area contributed by atoms with Crippen molar-refractivity contribution in [2.24, 2.45) is 0 Å². The Hall–Kier alpha value is -2.01. The monoisotopic (exact) mass is 273 g/mol. The maximum atomic E-state index is 12.1. The molecule has 2 heterocycles. The predicted octanol–water partition coefficient (Wildman–Crippen LogP) is 2.86. The van der Waals surface area contributed by atoms with Gasteiger partial charge in [-0.25, -0.2) is 4.79 Å². The molecule has 3 rings (SSSR count). The van der Waals surface area contributed by atoms with Crippen LogP contribution in [-0.2, 0) is 4.74 Å². The minimum Gasteiger partial charge on any atom is -0.376 e. The van der Waals surface area contributed by atoms with Crippen LogP contribution in [0.5, 0.6) is 0 Å². The minimum atomic E-state index is -0.193. The molecule has 0 radical (unpaired) electrons. The second kappa shape index (κ2) is 5.54. The van der Waals surface area contributed by atoms with Gasteiger partial charge >= 0.3 is 6.03 Å². The van der Waals surface area contributed by atoms with E-state index in [0.717, 1.165) is 36.0 Å². The van der Waals surface area contributed by atoms with E-state index in [-0.39, 0.29) is 18.2 Å². The Kier molecular flexibility index (Phi) is 3.60. The number of carbonyl (C=O) groups excluding carboxylic acids is 1. The van der Waals surface area contributed by atoms with Gasteiger partial charge in [0.05, 0.1) is 17.8 Å². The fraction of sp³-hybridized carbons (Fsp3) is 0.400. The molecule has 1 aliphatic rings. The highest BCUT2D eigenvalue weighted by atomic mass is 16.5. The summed E-state index contributed by atoms with van der Waals surface area (Å²) in [7, 11) is 0. The van der Waals surface area contributed by atoms with Gasteiger partial charge in [-0.2, -0.15) is 0 Å². The molecule has 1 aliphatic heterocycles. The molecular weight excluding hydrogens is 254 g/mol. The Morgan fingerprint density at radius 1 is 1.45 bits per heavy atom. The van der Waals surface area contributed by atoms with Crippen LogP contribution in [0.25, 0.3) is 10.9 Å². The molecule has 0 spiro atoms. The summed E-state index contributed by atoms with van der Waals surface area (Å²) in [6, 6.07) is 7.57. The standard InChI is InChI=1S/C15H19N3O2/c1-10(14-6-3-9-20-14)17-15(19)18-13-5-2-4-12-11(13)7-8-16-12/h2,4-5,7-8,10,14,16H,3,6,9H2,1H3,(H2,17,18,19)/t10-,14+/m0/s1. The van der Waals surface area contributed by atoms with Crippen molar-refractivity contribution < 1.29 is 9.53 Å². The minimum absolute atomic E-state index is 0.0166. The van der Waals surface area contributed by atoms with Gasteiger partial charge in [0.25, 0.3) is 0 Å². The third kappa shape index (κ3) is 2.63. The number of hydrogen-bond donors (Lipinski definition) is 3. The fourth-order valence-corrected chi connectivity index (χ4v) is 2.65. The van der Waals surface area contributed by atoms with Gasteiger partial charge in [0.1, 0.15) is 0 Å². The van der Waals surface area contributed by atoms with E-state index in [0.29, 0.717) is 0 Å². The topological polar surface area (TPSA) is 66.2 Å². The van der Waals surface area contributed by atoms with Crippen molar-refractivity contribution in [2.75, 3.05) is 11.9 Å². The Bertz CT molecular complexity index is 602. The van der Waals surface area contributed by atoms with Gasteiger partial charge in [-0.05, 0) is 38.0 Å². The molecule has 3 N–H and O–H groups in total. The zero-order chi connectivity index (χ0) is 13.9. The van der Waals surface area contributed by atoms with Gasteiger partial charge < -0.3 is 20.4 Å². The summed E-state index contributed by atoms with van der Waals surface area (Å²) in [6.45, 7) is 2.77. The van der Waals surface area contributed by atoms with E-state index in [2.05, 4.69) is 15.6 Å². The summed E-state index contributed by atoms with van der Waals surface area (Å²) in [5, 5.41) is 6.85. The third-order valence-electron chi connectivity index (χ3n) is 3.72. The second-order valence-corrected chi connectivity index (χ2v) is 5.18. The summed E-state index contributed by atoms with van der Waals surface area (Å²) in [6.07, 6.45) is 4.07. The number of anilines is 1. The molecule has 2 aromatic rings. The molecule has 0 saturated carbocycles. The number of carbonyl (C=O) groups is 1. The lowest BCUT2D eigenvalue weighted by atomic mass is 10.1. The first-order chi connectivity index (χ1) is 9.74. The van der Waals surface area contributed by atoms with E-state index >= 15 is 0 Å². The number of urea groups is 1. The molecule has 1 fully saturated rings.